The molecular weight excluding hydrogens is 308 g/mol. The molecule has 2 heterocycles. The minimum Gasteiger partial charge on any atom is -0.295 e. The Morgan fingerprint density at radius 3 is 2.35 bits per heavy atom. The average molecular weight is 329 g/mol. The first-order valence-electron chi connectivity index (χ1n) is 7.88. The number of halogens is 1. The first-order chi connectivity index (χ1) is 11.2. The van der Waals surface area contributed by atoms with Gasteiger partial charge < -0.3 is 0 Å². The Morgan fingerprint density at radius 1 is 1.04 bits per heavy atom. The van der Waals surface area contributed by atoms with E-state index in [1.165, 1.54) is 5.56 Å². The van der Waals surface area contributed by atoms with E-state index in [9.17, 15) is 0 Å². The molecule has 1 aliphatic heterocycles. The van der Waals surface area contributed by atoms with Crippen LogP contribution in [0.4, 0.5) is 0 Å². The maximum absolute atomic E-state index is 5.93. The molecule has 0 unspecified atom stereocenters. The Hall–Kier alpha value is -1.91. The number of hydrazone groups is 1. The highest BCUT2D eigenvalue weighted by Gasteiger charge is 2.16. The zero-order chi connectivity index (χ0) is 16.1. The standard InChI is InChI=1S/C18H21ClN4/c1-15(17-6-8-20-9-7-17)21-23-12-10-22(11-13-23)14-16-2-4-18(19)5-3-16/h2-9H,10-14H2,1H3/b21-15-. The van der Waals surface area contributed by atoms with Crippen molar-refractivity contribution < 1.29 is 0 Å². The van der Waals surface area contributed by atoms with Crippen molar-refractivity contribution >= 4 is 17.3 Å². The third-order valence-electron chi connectivity index (χ3n) is 4.06. The van der Waals surface area contributed by atoms with Crippen LogP contribution in [0.15, 0.2) is 53.9 Å². The Morgan fingerprint density at radius 2 is 1.70 bits per heavy atom. The number of rotatable bonds is 4. The molecule has 120 valence electrons. The number of hydrogen-bond donors (Lipinski definition) is 0. The van der Waals surface area contributed by atoms with Crippen molar-refractivity contribution in [1.29, 1.82) is 0 Å². The Kier molecular flexibility index (Phi) is 5.26. The van der Waals surface area contributed by atoms with Crippen LogP contribution in [0.5, 0.6) is 0 Å². The summed E-state index contributed by atoms with van der Waals surface area (Å²) in [5.41, 5.74) is 3.47. The lowest BCUT2D eigenvalue weighted by molar-refractivity contribution is 0.130. The first kappa shape index (κ1) is 16.0. The molecule has 1 saturated heterocycles. The number of nitrogens with zero attached hydrogens (tertiary/aromatic N) is 4. The molecule has 0 aliphatic carbocycles. The molecule has 0 bridgehead atoms. The normalized spacial score (nSPS) is 16.6. The van der Waals surface area contributed by atoms with Gasteiger partial charge in [0, 0.05) is 55.7 Å². The van der Waals surface area contributed by atoms with Crippen LogP contribution in [0, 0.1) is 0 Å². The Balaban J connectivity index is 1.53. The average Bonchev–Trinajstić information content (AvgIpc) is 2.59. The number of pyridine rings is 1. The maximum atomic E-state index is 5.93. The molecule has 2 aromatic rings. The predicted molar refractivity (Wildman–Crippen MR) is 94.8 cm³/mol. The molecule has 0 amide bonds. The van der Waals surface area contributed by atoms with E-state index in [0.717, 1.165) is 49.0 Å². The zero-order valence-electron chi connectivity index (χ0n) is 13.3. The summed E-state index contributed by atoms with van der Waals surface area (Å²) in [4.78, 5) is 6.50. The van der Waals surface area contributed by atoms with Gasteiger partial charge in [-0.1, -0.05) is 23.7 Å². The summed E-state index contributed by atoms with van der Waals surface area (Å²) in [6.45, 7) is 6.98. The highest BCUT2D eigenvalue weighted by Crippen LogP contribution is 2.13. The monoisotopic (exact) mass is 328 g/mol. The summed E-state index contributed by atoms with van der Waals surface area (Å²) >= 11 is 5.93. The van der Waals surface area contributed by atoms with E-state index in [1.807, 2.05) is 24.3 Å². The van der Waals surface area contributed by atoms with Gasteiger partial charge in [0.15, 0.2) is 0 Å². The van der Waals surface area contributed by atoms with Crippen molar-refractivity contribution in [2.45, 2.75) is 13.5 Å². The number of hydrogen-bond acceptors (Lipinski definition) is 4. The molecule has 23 heavy (non-hydrogen) atoms. The largest absolute Gasteiger partial charge is 0.295 e. The summed E-state index contributed by atoms with van der Waals surface area (Å²) < 4.78 is 0. The molecule has 0 atom stereocenters. The second-order valence-corrected chi connectivity index (χ2v) is 6.21. The van der Waals surface area contributed by atoms with Crippen LogP contribution < -0.4 is 0 Å². The fourth-order valence-corrected chi connectivity index (χ4v) is 2.83. The van der Waals surface area contributed by atoms with E-state index < -0.39 is 0 Å². The molecule has 0 spiro atoms. The highest BCUT2D eigenvalue weighted by molar-refractivity contribution is 6.30. The van der Waals surface area contributed by atoms with Gasteiger partial charge in [0.1, 0.15) is 0 Å². The first-order valence-corrected chi connectivity index (χ1v) is 8.26. The van der Waals surface area contributed by atoms with Gasteiger partial charge in [-0.2, -0.15) is 5.10 Å². The van der Waals surface area contributed by atoms with E-state index in [4.69, 9.17) is 16.7 Å². The quantitative estimate of drug-likeness (QED) is 0.807. The van der Waals surface area contributed by atoms with E-state index in [1.54, 1.807) is 12.4 Å². The van der Waals surface area contributed by atoms with Gasteiger partial charge in [-0.25, -0.2) is 0 Å². The molecule has 3 rings (SSSR count). The number of benzene rings is 1. The zero-order valence-corrected chi connectivity index (χ0v) is 14.1. The van der Waals surface area contributed by atoms with Gasteiger partial charge in [-0.3, -0.25) is 14.9 Å². The van der Waals surface area contributed by atoms with E-state index in [0.29, 0.717) is 0 Å². The molecular formula is C18H21ClN4. The summed E-state index contributed by atoms with van der Waals surface area (Å²) in [7, 11) is 0. The van der Waals surface area contributed by atoms with Crippen LogP contribution in [-0.4, -0.2) is 46.8 Å². The van der Waals surface area contributed by atoms with Crippen molar-refractivity contribution in [1.82, 2.24) is 14.9 Å². The number of aromatic nitrogens is 1. The number of piperazine rings is 1. The molecule has 1 aromatic heterocycles. The topological polar surface area (TPSA) is 31.7 Å². The van der Waals surface area contributed by atoms with Gasteiger partial charge in [-0.15, -0.1) is 0 Å². The van der Waals surface area contributed by atoms with Crippen LogP contribution in [0.1, 0.15) is 18.1 Å². The highest BCUT2D eigenvalue weighted by atomic mass is 35.5. The van der Waals surface area contributed by atoms with Crippen LogP contribution in [0.3, 0.4) is 0 Å². The third kappa shape index (κ3) is 4.53. The lowest BCUT2D eigenvalue weighted by atomic mass is 10.2. The van der Waals surface area contributed by atoms with E-state index in [-0.39, 0.29) is 0 Å². The van der Waals surface area contributed by atoms with Gasteiger partial charge in [0.2, 0.25) is 0 Å². The maximum Gasteiger partial charge on any atom is 0.0647 e. The van der Waals surface area contributed by atoms with Crippen LogP contribution in [0.25, 0.3) is 0 Å². The molecule has 0 N–H and O–H groups in total. The van der Waals surface area contributed by atoms with Crippen molar-refractivity contribution in [3.8, 4) is 0 Å². The molecule has 0 saturated carbocycles. The van der Waals surface area contributed by atoms with Crippen molar-refractivity contribution in [3.63, 3.8) is 0 Å². The van der Waals surface area contributed by atoms with E-state index in [2.05, 4.69) is 33.9 Å². The second kappa shape index (κ2) is 7.57. The second-order valence-electron chi connectivity index (χ2n) is 5.78. The summed E-state index contributed by atoms with van der Waals surface area (Å²) in [5, 5.41) is 7.69. The fourth-order valence-electron chi connectivity index (χ4n) is 2.71. The smallest absolute Gasteiger partial charge is 0.0647 e. The molecule has 1 aliphatic rings. The summed E-state index contributed by atoms with van der Waals surface area (Å²) in [5.74, 6) is 0. The van der Waals surface area contributed by atoms with Gasteiger partial charge in [0.05, 0.1) is 5.71 Å². The molecule has 5 heteroatoms. The van der Waals surface area contributed by atoms with Crippen LogP contribution >= 0.6 is 11.6 Å². The SMILES string of the molecule is C/C(=N/N1CCN(Cc2ccc(Cl)cc2)CC1)c1ccncc1. The minimum absolute atomic E-state index is 0.791. The van der Waals surface area contributed by atoms with Crippen molar-refractivity contribution in [2.75, 3.05) is 26.2 Å². The molecule has 4 nitrogen and oxygen atoms in total. The summed E-state index contributed by atoms with van der Waals surface area (Å²) in [6, 6.07) is 12.1. The summed E-state index contributed by atoms with van der Waals surface area (Å²) in [6.07, 6.45) is 3.61. The van der Waals surface area contributed by atoms with Gasteiger partial charge in [-0.05, 0) is 36.8 Å². The minimum atomic E-state index is 0.791. The fraction of sp³-hybridized carbons (Fsp3) is 0.333. The Labute approximate surface area is 142 Å². The van der Waals surface area contributed by atoms with Crippen LogP contribution in [0.2, 0.25) is 5.02 Å². The van der Waals surface area contributed by atoms with E-state index >= 15 is 0 Å². The lowest BCUT2D eigenvalue weighted by Crippen LogP contribution is -2.43. The molecule has 0 radical (unpaired) electrons. The lowest BCUT2D eigenvalue weighted by Gasteiger charge is -2.33. The molecule has 1 aromatic carbocycles. The molecule has 1 fully saturated rings. The van der Waals surface area contributed by atoms with Crippen molar-refractivity contribution in [3.05, 3.63) is 64.9 Å². The van der Waals surface area contributed by atoms with Crippen LogP contribution in [-0.2, 0) is 6.54 Å². The van der Waals surface area contributed by atoms with Crippen molar-refractivity contribution in [2.24, 2.45) is 5.10 Å². The Bertz CT molecular complexity index is 646. The van der Waals surface area contributed by atoms with Gasteiger partial charge in [0.25, 0.3) is 0 Å². The third-order valence-corrected chi connectivity index (χ3v) is 4.31. The van der Waals surface area contributed by atoms with Gasteiger partial charge >= 0.3 is 0 Å². The predicted octanol–water partition coefficient (Wildman–Crippen LogP) is 3.28.